The molecule has 4 N–H and O–H groups in total. The first-order chi connectivity index (χ1) is 9.58. The first-order valence-electron chi connectivity index (χ1n) is 6.41. The minimum absolute atomic E-state index is 0. The lowest BCUT2D eigenvalue weighted by Gasteiger charge is -2.24. The average molecular weight is 327 g/mol. The van der Waals surface area contributed by atoms with Gasteiger partial charge in [0.2, 0.25) is 5.91 Å². The molecule has 0 bridgehead atoms. The molecular weight excluding hydrogens is 311 g/mol. The maximum atomic E-state index is 12.0. The molecular formula is C14H16Cl2N4O. The van der Waals surface area contributed by atoms with Gasteiger partial charge in [-0.2, -0.15) is 0 Å². The number of pyridine rings is 1. The van der Waals surface area contributed by atoms with E-state index in [2.05, 4.69) is 4.98 Å². The van der Waals surface area contributed by atoms with Crippen molar-refractivity contribution in [3.8, 4) is 0 Å². The SMILES string of the molecule is Cl.Nc1cc2ccncc2cc1C(Cl)N1CCC(N)C1=O. The van der Waals surface area contributed by atoms with Crippen LogP contribution in [0.4, 0.5) is 5.69 Å². The first-order valence-corrected chi connectivity index (χ1v) is 6.85. The zero-order valence-corrected chi connectivity index (χ0v) is 12.8. The monoisotopic (exact) mass is 326 g/mol. The Bertz CT molecular complexity index is 679. The highest BCUT2D eigenvalue weighted by atomic mass is 35.5. The van der Waals surface area contributed by atoms with E-state index < -0.39 is 11.5 Å². The van der Waals surface area contributed by atoms with Gasteiger partial charge in [0.05, 0.1) is 6.04 Å². The van der Waals surface area contributed by atoms with Crippen LogP contribution in [0.1, 0.15) is 17.5 Å². The van der Waals surface area contributed by atoms with Crippen LogP contribution >= 0.6 is 24.0 Å². The summed E-state index contributed by atoms with van der Waals surface area (Å²) in [6.45, 7) is 0.554. The van der Waals surface area contributed by atoms with E-state index in [1.807, 2.05) is 18.2 Å². The number of halogens is 2. The van der Waals surface area contributed by atoms with Crippen molar-refractivity contribution in [3.05, 3.63) is 36.2 Å². The molecule has 1 aromatic heterocycles. The summed E-state index contributed by atoms with van der Waals surface area (Å²) < 4.78 is 0. The fourth-order valence-corrected chi connectivity index (χ4v) is 2.88. The van der Waals surface area contributed by atoms with Crippen LogP contribution in [-0.4, -0.2) is 28.4 Å². The standard InChI is InChI=1S/C14H15ClN4O.ClH/c15-13(19-4-2-11(16)14(19)20)10-5-9-7-18-3-1-8(9)6-12(10)17;/h1,3,5-7,11,13H,2,4,16-17H2;1H. The summed E-state index contributed by atoms with van der Waals surface area (Å²) in [6.07, 6.45) is 4.08. The van der Waals surface area contributed by atoms with Gasteiger partial charge in [-0.15, -0.1) is 12.4 Å². The summed E-state index contributed by atoms with van der Waals surface area (Å²) in [5.74, 6) is -0.129. The van der Waals surface area contributed by atoms with Gasteiger partial charge < -0.3 is 16.4 Å². The Morgan fingerprint density at radius 1 is 1.38 bits per heavy atom. The maximum Gasteiger partial charge on any atom is 0.241 e. The van der Waals surface area contributed by atoms with Gasteiger partial charge in [0.1, 0.15) is 5.50 Å². The third-order valence-corrected chi connectivity index (χ3v) is 4.12. The van der Waals surface area contributed by atoms with Gasteiger partial charge in [-0.25, -0.2) is 0 Å². The summed E-state index contributed by atoms with van der Waals surface area (Å²) in [7, 11) is 0. The first kappa shape index (κ1) is 15.8. The number of fused-ring (bicyclic) bond motifs is 1. The number of nitrogens with two attached hydrogens (primary N) is 2. The Labute approximate surface area is 133 Å². The van der Waals surface area contributed by atoms with E-state index in [0.29, 0.717) is 18.7 Å². The molecule has 5 nitrogen and oxygen atoms in total. The highest BCUT2D eigenvalue weighted by Gasteiger charge is 2.34. The van der Waals surface area contributed by atoms with Crippen LogP contribution in [-0.2, 0) is 4.79 Å². The van der Waals surface area contributed by atoms with Gasteiger partial charge in [0, 0.05) is 35.6 Å². The van der Waals surface area contributed by atoms with Gasteiger partial charge in [-0.3, -0.25) is 9.78 Å². The summed E-state index contributed by atoms with van der Waals surface area (Å²) in [6, 6.07) is 5.16. The summed E-state index contributed by atoms with van der Waals surface area (Å²) in [5.41, 5.74) is 12.5. The molecule has 1 aliphatic heterocycles. The van der Waals surface area contributed by atoms with Gasteiger partial charge in [-0.1, -0.05) is 11.6 Å². The number of hydrogen-bond acceptors (Lipinski definition) is 4. The zero-order valence-electron chi connectivity index (χ0n) is 11.2. The van der Waals surface area contributed by atoms with Crippen LogP contribution in [0.2, 0.25) is 0 Å². The predicted octanol–water partition coefficient (Wildman–Crippen LogP) is 2.04. The maximum absolute atomic E-state index is 12.0. The number of alkyl halides is 1. The molecule has 1 amide bonds. The molecule has 2 unspecified atom stereocenters. The van der Waals surface area contributed by atoms with Crippen molar-refractivity contribution in [2.75, 3.05) is 12.3 Å². The number of nitrogen functional groups attached to an aromatic ring is 1. The van der Waals surface area contributed by atoms with Gasteiger partial charge in [0.25, 0.3) is 0 Å². The quantitative estimate of drug-likeness (QED) is 0.502. The van der Waals surface area contributed by atoms with Gasteiger partial charge in [0.15, 0.2) is 0 Å². The number of nitrogens with zero attached hydrogens (tertiary/aromatic N) is 2. The van der Waals surface area contributed by atoms with E-state index in [-0.39, 0.29) is 18.3 Å². The molecule has 2 heterocycles. The van der Waals surface area contributed by atoms with E-state index >= 15 is 0 Å². The van der Waals surface area contributed by atoms with E-state index in [4.69, 9.17) is 23.1 Å². The molecule has 1 saturated heterocycles. The van der Waals surface area contributed by atoms with Crippen molar-refractivity contribution >= 4 is 46.4 Å². The Morgan fingerprint density at radius 3 is 2.81 bits per heavy atom. The van der Waals surface area contributed by atoms with Crippen molar-refractivity contribution in [1.29, 1.82) is 0 Å². The largest absolute Gasteiger partial charge is 0.398 e. The number of hydrogen-bond donors (Lipinski definition) is 2. The fraction of sp³-hybridized carbons (Fsp3) is 0.286. The van der Waals surface area contributed by atoms with Crippen LogP contribution in [0.15, 0.2) is 30.6 Å². The number of amides is 1. The van der Waals surface area contributed by atoms with E-state index in [1.165, 1.54) is 0 Å². The molecule has 112 valence electrons. The topological polar surface area (TPSA) is 85.2 Å². The van der Waals surface area contributed by atoms with E-state index in [9.17, 15) is 4.79 Å². The minimum Gasteiger partial charge on any atom is -0.398 e. The summed E-state index contributed by atoms with van der Waals surface area (Å²) in [5, 5.41) is 1.94. The molecule has 0 spiro atoms. The molecule has 1 aliphatic rings. The van der Waals surface area contributed by atoms with Crippen LogP contribution in [0.5, 0.6) is 0 Å². The molecule has 1 aromatic carbocycles. The smallest absolute Gasteiger partial charge is 0.241 e. The number of rotatable bonds is 2. The van der Waals surface area contributed by atoms with E-state index in [0.717, 1.165) is 16.3 Å². The number of likely N-dealkylation sites (tertiary alicyclic amines) is 1. The lowest BCUT2D eigenvalue weighted by atomic mass is 10.1. The van der Waals surface area contributed by atoms with Crippen LogP contribution in [0, 0.1) is 0 Å². The summed E-state index contributed by atoms with van der Waals surface area (Å²) in [4.78, 5) is 17.6. The molecule has 0 aliphatic carbocycles. The Balaban J connectivity index is 0.00000161. The summed E-state index contributed by atoms with van der Waals surface area (Å²) >= 11 is 6.43. The third-order valence-electron chi connectivity index (χ3n) is 3.65. The number of anilines is 1. The van der Waals surface area contributed by atoms with Crippen LogP contribution in [0.3, 0.4) is 0 Å². The lowest BCUT2D eigenvalue weighted by molar-refractivity contribution is -0.129. The van der Waals surface area contributed by atoms with Gasteiger partial charge >= 0.3 is 0 Å². The third kappa shape index (κ3) is 2.77. The van der Waals surface area contributed by atoms with Crippen molar-refractivity contribution in [3.63, 3.8) is 0 Å². The highest BCUT2D eigenvalue weighted by Crippen LogP contribution is 2.34. The van der Waals surface area contributed by atoms with Crippen LogP contribution < -0.4 is 11.5 Å². The molecule has 21 heavy (non-hydrogen) atoms. The Hall–Kier alpha value is -1.56. The second-order valence-corrected chi connectivity index (χ2v) is 5.38. The molecule has 1 fully saturated rings. The number of benzene rings is 1. The average Bonchev–Trinajstić information content (AvgIpc) is 2.77. The Morgan fingerprint density at radius 2 is 2.14 bits per heavy atom. The van der Waals surface area contributed by atoms with Crippen LogP contribution in [0.25, 0.3) is 10.8 Å². The second-order valence-electron chi connectivity index (χ2n) is 4.97. The van der Waals surface area contributed by atoms with E-state index in [1.54, 1.807) is 17.3 Å². The Kier molecular flexibility index (Phi) is 4.56. The molecule has 0 saturated carbocycles. The van der Waals surface area contributed by atoms with Gasteiger partial charge in [-0.05, 0) is 30.0 Å². The molecule has 3 rings (SSSR count). The number of carbonyl (C=O) groups is 1. The second kappa shape index (κ2) is 6.05. The number of aromatic nitrogens is 1. The molecule has 7 heteroatoms. The lowest BCUT2D eigenvalue weighted by Crippen LogP contribution is -2.35. The van der Waals surface area contributed by atoms with Crippen molar-refractivity contribution in [2.24, 2.45) is 5.73 Å². The predicted molar refractivity (Wildman–Crippen MR) is 86.3 cm³/mol. The molecule has 0 radical (unpaired) electrons. The fourth-order valence-electron chi connectivity index (χ4n) is 2.50. The minimum atomic E-state index is -0.597. The van der Waals surface area contributed by atoms with Crippen molar-refractivity contribution in [1.82, 2.24) is 9.88 Å². The number of carbonyl (C=O) groups excluding carboxylic acids is 1. The molecule has 2 atom stereocenters. The zero-order chi connectivity index (χ0) is 14.3. The van der Waals surface area contributed by atoms with Crippen molar-refractivity contribution < 1.29 is 4.79 Å². The normalized spacial score (nSPS) is 19.6. The van der Waals surface area contributed by atoms with Crippen molar-refractivity contribution in [2.45, 2.75) is 18.0 Å². The molecule has 2 aromatic rings. The highest BCUT2D eigenvalue weighted by molar-refractivity contribution is 6.22.